The van der Waals surface area contributed by atoms with Crippen LogP contribution in [0.3, 0.4) is 0 Å². The minimum absolute atomic E-state index is 0. The van der Waals surface area contributed by atoms with E-state index in [1.807, 2.05) is 0 Å². The van der Waals surface area contributed by atoms with Crippen LogP contribution in [-0.2, 0) is 48.9 Å². The molecule has 0 aliphatic carbocycles. The van der Waals surface area contributed by atoms with Crippen molar-refractivity contribution in [2.75, 3.05) is 0 Å². The predicted molar refractivity (Wildman–Crippen MR) is 64.9 cm³/mol. The number of hydrogen-bond donors (Lipinski definition) is 4. The lowest BCUT2D eigenvalue weighted by Gasteiger charge is -2.08. The molecule has 0 saturated carbocycles. The van der Waals surface area contributed by atoms with Crippen molar-refractivity contribution in [2.24, 2.45) is 0 Å². The van der Waals surface area contributed by atoms with Gasteiger partial charge in [0.05, 0.1) is 0 Å². The van der Waals surface area contributed by atoms with Gasteiger partial charge in [0.15, 0.2) is 0 Å². The van der Waals surface area contributed by atoms with Gasteiger partial charge in [0.25, 0.3) is 0 Å². The van der Waals surface area contributed by atoms with Crippen LogP contribution in [0, 0.1) is 0 Å². The zero-order valence-electron chi connectivity index (χ0n) is 11.3. The van der Waals surface area contributed by atoms with E-state index in [1.54, 1.807) is 0 Å². The summed E-state index contributed by atoms with van der Waals surface area (Å²) in [6.07, 6.45) is 0. The van der Waals surface area contributed by atoms with Crippen LogP contribution in [0.5, 0.6) is 0 Å². The van der Waals surface area contributed by atoms with Gasteiger partial charge >= 0.3 is 0 Å². The lowest BCUT2D eigenvalue weighted by molar-refractivity contribution is 0.324. The quantitative estimate of drug-likeness (QED) is 0.264. The Hall–Kier alpha value is -0.600. The van der Waals surface area contributed by atoms with Crippen LogP contribution in [-0.4, -0.2) is 51.9 Å². The van der Waals surface area contributed by atoms with Crippen molar-refractivity contribution in [3.63, 3.8) is 0 Å². The molecule has 0 aromatic rings. The molecule has 0 fully saturated rings. The molecule has 22 heavy (non-hydrogen) atoms. The van der Waals surface area contributed by atoms with Crippen molar-refractivity contribution in [2.45, 2.75) is 0 Å². The van der Waals surface area contributed by atoms with E-state index in [9.17, 15) is 51.9 Å². The highest BCUT2D eigenvalue weighted by Gasteiger charge is 2.00. The lowest BCUT2D eigenvalue weighted by Crippen LogP contribution is -2.11. The molecule has 0 aromatic heterocycles. The first-order valence-corrected chi connectivity index (χ1v) is 8.00. The lowest BCUT2D eigenvalue weighted by atomic mass is 14.0. The molecule has 0 unspecified atom stereocenters. The molecule has 0 aromatic carbocycles. The largest absolute Gasteiger partial charge is 0.725 e. The molecular weight excluding hydrogens is 408 g/mol. The van der Waals surface area contributed by atoms with Crippen LogP contribution in [0.1, 0.15) is 0 Å². The van der Waals surface area contributed by atoms with Gasteiger partial charge < -0.3 is 42.8 Å². The summed E-state index contributed by atoms with van der Waals surface area (Å²) in [5.41, 5.74) is 0. The Labute approximate surface area is 126 Å². The van der Waals surface area contributed by atoms with Gasteiger partial charge in [-0.15, -0.1) is 0 Å². The summed E-state index contributed by atoms with van der Waals surface area (Å²) < 4.78 is 116. The smallest absolute Gasteiger partial charge is 0.231 e. The minimum atomic E-state index is -5.43. The van der Waals surface area contributed by atoms with Gasteiger partial charge in [0, 0.05) is 0 Å². The summed E-state index contributed by atoms with van der Waals surface area (Å²) >= 11 is 0. The normalized spacial score (nSPS) is 11.1. The van der Waals surface area contributed by atoms with E-state index >= 15 is 0 Å². The molecule has 16 N–H and O–H groups in total. The van der Waals surface area contributed by atoms with E-state index in [-0.39, 0.29) is 24.6 Å². The second-order valence-electron chi connectivity index (χ2n) is 1.77. The average Bonchev–Trinajstić information content (AvgIpc) is 1.64. The highest BCUT2D eigenvalue weighted by atomic mass is 32.3. The summed E-state index contributed by atoms with van der Waals surface area (Å²) in [5, 5.41) is 0. The van der Waals surface area contributed by atoms with Crippen LogP contribution in [0.2, 0.25) is 0 Å². The number of quaternary nitrogens is 4. The molecule has 22 heteroatoms. The molecule has 0 aliphatic heterocycles. The third-order valence-electron chi connectivity index (χ3n) is 0.333. The standard InChI is InChI=1S/4H3N.2H2O7S2/c;;;;2*1-8(2,3)7-9(4,5)6/h4*1H3;2*(H,1,2,3)(H,4,5,6). The molecule has 0 amide bonds. The highest BCUT2D eigenvalue weighted by molar-refractivity contribution is 7.94. The Morgan fingerprint density at radius 2 is 0.500 bits per heavy atom. The fourth-order valence-corrected chi connectivity index (χ4v) is 1.84. The molecule has 0 rings (SSSR count). The van der Waals surface area contributed by atoms with Crippen LogP contribution in [0.4, 0.5) is 0 Å². The topological polar surface area (TPSA) is 393 Å². The molecule has 0 radical (unpaired) electrons. The maximum absolute atomic E-state index is 9.29. The van der Waals surface area contributed by atoms with Crippen LogP contribution in [0.15, 0.2) is 0 Å². The molecule has 0 aliphatic rings. The first-order chi connectivity index (χ1) is 7.41. The third kappa shape index (κ3) is 50.5. The van der Waals surface area contributed by atoms with E-state index < -0.39 is 41.6 Å². The second-order valence-corrected chi connectivity index (χ2v) is 6.12. The summed E-state index contributed by atoms with van der Waals surface area (Å²) in [7, 11) is -21.7. The Morgan fingerprint density at radius 3 is 0.500 bits per heavy atom. The van der Waals surface area contributed by atoms with Gasteiger partial charge in [-0.2, -0.15) is 7.26 Å². The van der Waals surface area contributed by atoms with E-state index in [0.29, 0.717) is 0 Å². The predicted octanol–water partition coefficient (Wildman–Crippen LogP) is -2.65. The molecule has 18 nitrogen and oxygen atoms in total. The second kappa shape index (κ2) is 11.9. The SMILES string of the molecule is O=S(=O)([O-])OS(=O)(=O)[O-].O=S(=O)([O-])OS(=O)(=O)[O-].[NH4+].[NH4+].[NH4+].[NH4+]. The van der Waals surface area contributed by atoms with Crippen molar-refractivity contribution in [1.29, 1.82) is 0 Å². The first kappa shape index (κ1) is 37.6. The zero-order chi connectivity index (χ0) is 15.4. The highest BCUT2D eigenvalue weighted by Crippen LogP contribution is 1.92. The maximum Gasteiger partial charge on any atom is 0.231 e. The summed E-state index contributed by atoms with van der Waals surface area (Å²) in [6.45, 7) is 0. The van der Waals surface area contributed by atoms with E-state index in [4.69, 9.17) is 0 Å². The van der Waals surface area contributed by atoms with Gasteiger partial charge in [0.2, 0.25) is 41.6 Å². The van der Waals surface area contributed by atoms with Crippen molar-refractivity contribution < 1.29 is 59.1 Å². The third-order valence-corrected chi connectivity index (χ3v) is 3.00. The van der Waals surface area contributed by atoms with Crippen molar-refractivity contribution in [1.82, 2.24) is 24.6 Å². The zero-order valence-corrected chi connectivity index (χ0v) is 14.6. The monoisotopic (exact) mass is 424 g/mol. The first-order valence-electron chi connectivity index (χ1n) is 2.67. The van der Waals surface area contributed by atoms with Crippen molar-refractivity contribution >= 4 is 41.6 Å². The van der Waals surface area contributed by atoms with Crippen molar-refractivity contribution in [3.05, 3.63) is 0 Å². The number of rotatable bonds is 4. The Morgan fingerprint density at radius 1 is 0.409 bits per heavy atom. The molecule has 0 atom stereocenters. The van der Waals surface area contributed by atoms with Gasteiger partial charge in [-0.1, -0.05) is 0 Å². The number of hydrogen-bond acceptors (Lipinski definition) is 14. The minimum Gasteiger partial charge on any atom is -0.725 e. The van der Waals surface area contributed by atoms with Gasteiger partial charge in [-0.05, 0) is 0 Å². The van der Waals surface area contributed by atoms with E-state index in [1.165, 1.54) is 0 Å². The molecule has 0 heterocycles. The van der Waals surface area contributed by atoms with Gasteiger partial charge in [-0.25, -0.2) is 33.7 Å². The van der Waals surface area contributed by atoms with Gasteiger partial charge in [-0.3, -0.25) is 0 Å². The summed E-state index contributed by atoms with van der Waals surface area (Å²) in [4.78, 5) is 0. The molecule has 144 valence electrons. The van der Waals surface area contributed by atoms with Crippen LogP contribution >= 0.6 is 0 Å². The van der Waals surface area contributed by atoms with Gasteiger partial charge in [0.1, 0.15) is 0 Å². The van der Waals surface area contributed by atoms with E-state index in [0.717, 1.165) is 0 Å². The Bertz CT molecular complexity index is 541. The molecular formula is H16N4O14S4. The Balaban J connectivity index is -0.0000000492. The fraction of sp³-hybridized carbons (Fsp3) is 0. The van der Waals surface area contributed by atoms with Crippen LogP contribution in [0.25, 0.3) is 0 Å². The molecule has 0 bridgehead atoms. The molecule has 0 saturated heterocycles. The summed E-state index contributed by atoms with van der Waals surface area (Å²) in [5.74, 6) is 0. The maximum atomic E-state index is 9.29. The van der Waals surface area contributed by atoms with E-state index in [2.05, 4.69) is 7.26 Å². The average molecular weight is 424 g/mol. The van der Waals surface area contributed by atoms with Crippen LogP contribution < -0.4 is 24.6 Å². The molecule has 0 spiro atoms. The summed E-state index contributed by atoms with van der Waals surface area (Å²) in [6, 6.07) is 0. The Kier molecular flexibility index (Phi) is 20.3. The fourth-order valence-electron chi connectivity index (χ4n) is 0.204. The van der Waals surface area contributed by atoms with Crippen molar-refractivity contribution in [3.8, 4) is 0 Å².